The van der Waals surface area contributed by atoms with E-state index in [0.717, 1.165) is 12.1 Å². The molecule has 0 aliphatic rings. The van der Waals surface area contributed by atoms with Crippen molar-refractivity contribution in [2.75, 3.05) is 5.73 Å². The molecule has 1 aromatic rings. The van der Waals surface area contributed by atoms with Crippen molar-refractivity contribution in [1.29, 1.82) is 0 Å². The van der Waals surface area contributed by atoms with E-state index >= 15 is 0 Å². The fraction of sp³-hybridized carbons (Fsp3) is 0.222. The number of rotatable bonds is 2. The third kappa shape index (κ3) is 1.81. The predicted octanol–water partition coefficient (Wildman–Crippen LogP) is 2.11. The maximum absolute atomic E-state index is 12.3. The molecule has 0 bridgehead atoms. The number of aromatic hydroxyl groups is 1. The number of halogens is 2. The van der Waals surface area contributed by atoms with Gasteiger partial charge in [0.1, 0.15) is 5.75 Å². The van der Waals surface area contributed by atoms with Crippen LogP contribution in [0.3, 0.4) is 0 Å². The number of phenolic OH excluding ortho intramolecular Hbond substituents is 1. The summed E-state index contributed by atoms with van der Waals surface area (Å²) in [7, 11) is 0. The number of alkyl halides is 2. The highest BCUT2D eigenvalue weighted by Gasteiger charge is 2.17. The third-order valence-electron chi connectivity index (χ3n) is 1.81. The molecular formula is C9H9F2NO2. The highest BCUT2D eigenvalue weighted by Crippen LogP contribution is 2.32. The normalized spacial score (nSPS) is 10.6. The zero-order chi connectivity index (χ0) is 10.9. The number of hydrogen-bond acceptors (Lipinski definition) is 3. The average Bonchev–Trinajstić information content (AvgIpc) is 2.02. The quantitative estimate of drug-likeness (QED) is 0.569. The molecule has 0 spiro atoms. The van der Waals surface area contributed by atoms with Crippen LogP contribution in [0.1, 0.15) is 29.3 Å². The van der Waals surface area contributed by atoms with Crippen molar-refractivity contribution in [3.8, 4) is 5.75 Å². The molecule has 0 unspecified atom stereocenters. The molecule has 0 radical (unpaired) electrons. The summed E-state index contributed by atoms with van der Waals surface area (Å²) < 4.78 is 24.6. The first-order valence-corrected chi connectivity index (χ1v) is 3.85. The number of nitrogens with two attached hydrogens (primary N) is 1. The van der Waals surface area contributed by atoms with E-state index < -0.39 is 23.5 Å². The predicted molar refractivity (Wildman–Crippen MR) is 47.5 cm³/mol. The summed E-state index contributed by atoms with van der Waals surface area (Å²) in [6.45, 7) is 1.22. The van der Waals surface area contributed by atoms with Crippen LogP contribution in [0.4, 0.5) is 14.5 Å². The first-order valence-electron chi connectivity index (χ1n) is 3.85. The van der Waals surface area contributed by atoms with Gasteiger partial charge in [0.15, 0.2) is 5.78 Å². The Morgan fingerprint density at radius 3 is 2.50 bits per heavy atom. The lowest BCUT2D eigenvalue weighted by molar-refractivity contribution is 0.101. The molecule has 0 fully saturated rings. The minimum atomic E-state index is -2.83. The zero-order valence-corrected chi connectivity index (χ0v) is 7.42. The van der Waals surface area contributed by atoms with E-state index in [1.165, 1.54) is 6.92 Å². The van der Waals surface area contributed by atoms with Crippen LogP contribution in [0.2, 0.25) is 0 Å². The van der Waals surface area contributed by atoms with E-state index in [1.54, 1.807) is 0 Å². The molecule has 0 heterocycles. The number of benzene rings is 1. The van der Waals surface area contributed by atoms with E-state index in [9.17, 15) is 13.6 Å². The summed E-state index contributed by atoms with van der Waals surface area (Å²) in [5.41, 5.74) is 4.78. The molecule has 0 aliphatic heterocycles. The SMILES string of the molecule is CC(=O)c1cc(C(F)F)c(O)cc1N. The second-order valence-electron chi connectivity index (χ2n) is 2.86. The van der Waals surface area contributed by atoms with E-state index in [-0.39, 0.29) is 11.3 Å². The molecule has 0 atom stereocenters. The van der Waals surface area contributed by atoms with Crippen LogP contribution in [0.25, 0.3) is 0 Å². The van der Waals surface area contributed by atoms with Crippen molar-refractivity contribution in [2.24, 2.45) is 0 Å². The standard InChI is InChI=1S/C9H9F2NO2/c1-4(13)5-2-6(9(10)11)8(14)3-7(5)12/h2-3,9,14H,12H2,1H3. The molecule has 0 saturated carbocycles. The van der Waals surface area contributed by atoms with Crippen molar-refractivity contribution < 1.29 is 18.7 Å². The smallest absolute Gasteiger partial charge is 0.267 e. The first-order chi connectivity index (χ1) is 6.43. The highest BCUT2D eigenvalue weighted by atomic mass is 19.3. The molecule has 3 nitrogen and oxygen atoms in total. The fourth-order valence-corrected chi connectivity index (χ4v) is 1.10. The second kappa shape index (κ2) is 3.61. The Kier molecular flexibility index (Phi) is 2.69. The number of Topliss-reactive ketones (excluding diaryl/α,β-unsaturated/α-hetero) is 1. The van der Waals surface area contributed by atoms with Gasteiger partial charge in [0.05, 0.1) is 5.56 Å². The van der Waals surface area contributed by atoms with Gasteiger partial charge in [-0.05, 0) is 13.0 Å². The van der Waals surface area contributed by atoms with Gasteiger partial charge in [-0.2, -0.15) is 0 Å². The highest BCUT2D eigenvalue weighted by molar-refractivity contribution is 5.99. The Morgan fingerprint density at radius 2 is 2.07 bits per heavy atom. The number of nitrogen functional groups attached to an aromatic ring is 1. The summed E-state index contributed by atoms with van der Waals surface area (Å²) in [5.74, 6) is -1.01. The van der Waals surface area contributed by atoms with Crippen molar-refractivity contribution >= 4 is 11.5 Å². The van der Waals surface area contributed by atoms with Crippen molar-refractivity contribution in [1.82, 2.24) is 0 Å². The van der Waals surface area contributed by atoms with Gasteiger partial charge < -0.3 is 10.8 Å². The molecule has 0 amide bonds. The van der Waals surface area contributed by atoms with Gasteiger partial charge in [-0.3, -0.25) is 4.79 Å². The molecule has 14 heavy (non-hydrogen) atoms. The number of phenols is 1. The molecule has 0 saturated heterocycles. The lowest BCUT2D eigenvalue weighted by Gasteiger charge is -2.07. The van der Waals surface area contributed by atoms with Crippen LogP contribution in [-0.4, -0.2) is 10.9 Å². The monoisotopic (exact) mass is 201 g/mol. The summed E-state index contributed by atoms with van der Waals surface area (Å²) in [6.07, 6.45) is -2.83. The minimum Gasteiger partial charge on any atom is -0.507 e. The Morgan fingerprint density at radius 1 is 1.50 bits per heavy atom. The lowest BCUT2D eigenvalue weighted by atomic mass is 10.0. The zero-order valence-electron chi connectivity index (χ0n) is 7.42. The molecule has 0 aromatic heterocycles. The van der Waals surface area contributed by atoms with Crippen LogP contribution in [0.5, 0.6) is 5.75 Å². The maximum Gasteiger partial charge on any atom is 0.267 e. The van der Waals surface area contributed by atoms with E-state index in [2.05, 4.69) is 0 Å². The Hall–Kier alpha value is -1.65. The summed E-state index contributed by atoms with van der Waals surface area (Å²) in [4.78, 5) is 10.9. The van der Waals surface area contributed by atoms with Crippen molar-refractivity contribution in [2.45, 2.75) is 13.3 Å². The van der Waals surface area contributed by atoms with Crippen LogP contribution in [0, 0.1) is 0 Å². The average molecular weight is 201 g/mol. The number of carbonyl (C=O) groups excluding carboxylic acids is 1. The van der Waals surface area contributed by atoms with Gasteiger partial charge in [-0.25, -0.2) is 8.78 Å². The number of anilines is 1. The van der Waals surface area contributed by atoms with Gasteiger partial charge in [0.2, 0.25) is 0 Å². The summed E-state index contributed by atoms with van der Waals surface area (Å²) >= 11 is 0. The van der Waals surface area contributed by atoms with Gasteiger partial charge >= 0.3 is 0 Å². The van der Waals surface area contributed by atoms with Gasteiger partial charge in [0, 0.05) is 17.3 Å². The molecule has 76 valence electrons. The Labute approximate surface area is 79.2 Å². The van der Waals surface area contributed by atoms with Crippen LogP contribution < -0.4 is 5.73 Å². The maximum atomic E-state index is 12.3. The molecule has 3 N–H and O–H groups in total. The van der Waals surface area contributed by atoms with Crippen LogP contribution >= 0.6 is 0 Å². The van der Waals surface area contributed by atoms with Gasteiger partial charge in [0.25, 0.3) is 6.43 Å². The molecule has 5 heteroatoms. The van der Waals surface area contributed by atoms with Crippen LogP contribution in [-0.2, 0) is 0 Å². The summed E-state index contributed by atoms with van der Waals surface area (Å²) in [6, 6.07) is 1.87. The molecule has 1 aromatic carbocycles. The molecule has 1 rings (SSSR count). The number of carbonyl (C=O) groups is 1. The van der Waals surface area contributed by atoms with E-state index in [4.69, 9.17) is 10.8 Å². The Balaban J connectivity index is 3.34. The van der Waals surface area contributed by atoms with Crippen molar-refractivity contribution in [3.05, 3.63) is 23.3 Å². The van der Waals surface area contributed by atoms with Gasteiger partial charge in [-0.1, -0.05) is 0 Å². The molecule has 0 aliphatic carbocycles. The molecular weight excluding hydrogens is 192 g/mol. The van der Waals surface area contributed by atoms with Gasteiger partial charge in [-0.15, -0.1) is 0 Å². The first kappa shape index (κ1) is 10.4. The summed E-state index contributed by atoms with van der Waals surface area (Å²) in [5, 5.41) is 9.10. The van der Waals surface area contributed by atoms with E-state index in [1.807, 2.05) is 0 Å². The third-order valence-corrected chi connectivity index (χ3v) is 1.81. The second-order valence-corrected chi connectivity index (χ2v) is 2.86. The lowest BCUT2D eigenvalue weighted by Crippen LogP contribution is -2.01. The Bertz CT molecular complexity index is 377. The minimum absolute atomic E-state index is 0.000556. The number of hydrogen-bond donors (Lipinski definition) is 2. The topological polar surface area (TPSA) is 63.3 Å². The largest absolute Gasteiger partial charge is 0.507 e. The fourth-order valence-electron chi connectivity index (χ4n) is 1.10. The number of ketones is 1. The van der Waals surface area contributed by atoms with Crippen LogP contribution in [0.15, 0.2) is 12.1 Å². The van der Waals surface area contributed by atoms with Crippen molar-refractivity contribution in [3.63, 3.8) is 0 Å². The van der Waals surface area contributed by atoms with E-state index in [0.29, 0.717) is 0 Å².